The highest BCUT2D eigenvalue weighted by Gasteiger charge is 2.41. The van der Waals surface area contributed by atoms with Crippen LogP contribution in [0.1, 0.15) is 32.0 Å². The van der Waals surface area contributed by atoms with Crippen LogP contribution >= 0.6 is 0 Å². The van der Waals surface area contributed by atoms with Gasteiger partial charge in [-0.1, -0.05) is 19.0 Å². The minimum atomic E-state index is -4.17. The van der Waals surface area contributed by atoms with Gasteiger partial charge in [0.25, 0.3) is 0 Å². The number of nitrogens with zero attached hydrogens (tertiary/aromatic N) is 2. The summed E-state index contributed by atoms with van der Waals surface area (Å²) in [5.41, 5.74) is 0. The van der Waals surface area contributed by atoms with E-state index in [1.165, 1.54) is 0 Å². The summed E-state index contributed by atoms with van der Waals surface area (Å²) in [6.07, 6.45) is -2.43. The van der Waals surface area contributed by atoms with Crippen molar-refractivity contribution >= 4 is 0 Å². The first-order valence-electron chi connectivity index (χ1n) is 6.60. The van der Waals surface area contributed by atoms with Gasteiger partial charge in [0.05, 0.1) is 0 Å². The van der Waals surface area contributed by atoms with Crippen molar-refractivity contribution in [2.75, 3.05) is 13.2 Å². The van der Waals surface area contributed by atoms with Gasteiger partial charge in [-0.15, -0.1) is 0 Å². The van der Waals surface area contributed by atoms with E-state index in [1.807, 2.05) is 13.8 Å². The summed E-state index contributed by atoms with van der Waals surface area (Å²) in [5.74, 6) is -3.75. The number of aromatic nitrogens is 2. The smallest absolute Gasteiger partial charge is 0.330 e. The van der Waals surface area contributed by atoms with Gasteiger partial charge in [-0.25, -0.2) is 8.78 Å². The van der Waals surface area contributed by atoms with E-state index in [0.717, 1.165) is 13.0 Å². The van der Waals surface area contributed by atoms with Crippen molar-refractivity contribution in [3.8, 4) is 0 Å². The molecule has 0 fully saturated rings. The fraction of sp³-hybridized carbons (Fsp3) is 0.833. The van der Waals surface area contributed by atoms with Crippen molar-refractivity contribution in [1.82, 2.24) is 15.5 Å². The second kappa shape index (κ2) is 8.28. The number of alkyl halides is 4. The first-order valence-corrected chi connectivity index (χ1v) is 6.60. The Morgan fingerprint density at radius 2 is 2.05 bits per heavy atom. The van der Waals surface area contributed by atoms with Gasteiger partial charge in [-0.2, -0.15) is 13.8 Å². The second-order valence-electron chi connectivity index (χ2n) is 4.87. The van der Waals surface area contributed by atoms with Crippen LogP contribution in [-0.4, -0.2) is 41.7 Å². The van der Waals surface area contributed by atoms with Crippen LogP contribution in [0.4, 0.5) is 17.6 Å². The normalized spacial score (nSPS) is 12.6. The summed E-state index contributed by atoms with van der Waals surface area (Å²) in [7, 11) is 0. The van der Waals surface area contributed by atoms with Crippen LogP contribution in [0.2, 0.25) is 0 Å². The Hall–Kier alpha value is -1.22. The predicted octanol–water partition coefficient (Wildman–Crippen LogP) is 2.42. The van der Waals surface area contributed by atoms with Crippen molar-refractivity contribution in [3.63, 3.8) is 0 Å². The molecule has 0 aromatic carbocycles. The van der Waals surface area contributed by atoms with Crippen molar-refractivity contribution in [3.05, 3.63) is 11.7 Å². The van der Waals surface area contributed by atoms with Gasteiger partial charge in [0.15, 0.2) is 5.82 Å². The third-order valence-corrected chi connectivity index (χ3v) is 2.48. The molecule has 0 aliphatic heterocycles. The lowest BCUT2D eigenvalue weighted by atomic mass is 10.3. The highest BCUT2D eigenvalue weighted by Crippen LogP contribution is 2.23. The summed E-state index contributed by atoms with van der Waals surface area (Å²) in [5, 5.41) is 6.75. The van der Waals surface area contributed by atoms with Gasteiger partial charge >= 0.3 is 12.3 Å². The van der Waals surface area contributed by atoms with Crippen LogP contribution < -0.4 is 5.32 Å². The van der Waals surface area contributed by atoms with Gasteiger partial charge in [0.2, 0.25) is 5.89 Å². The van der Waals surface area contributed by atoms with Crippen LogP contribution in [0.5, 0.6) is 0 Å². The molecular formula is C12H19F4N3O2. The standard InChI is InChI=1S/C12H19F4N3O2/c1-8(2)17-5-3-4-10-18-9(19-21-10)6-20-7-12(15,16)11(13)14/h8,11,17H,3-7H2,1-2H3. The Kier molecular flexibility index (Phi) is 7.03. The number of rotatable bonds is 10. The van der Waals surface area contributed by atoms with Crippen molar-refractivity contribution in [1.29, 1.82) is 0 Å². The van der Waals surface area contributed by atoms with Crippen LogP contribution in [-0.2, 0) is 17.8 Å². The van der Waals surface area contributed by atoms with Gasteiger partial charge < -0.3 is 14.6 Å². The number of aryl methyl sites for hydroxylation is 1. The van der Waals surface area contributed by atoms with E-state index in [1.54, 1.807) is 0 Å². The maximum atomic E-state index is 12.6. The Morgan fingerprint density at radius 1 is 1.33 bits per heavy atom. The summed E-state index contributed by atoms with van der Waals surface area (Å²) in [6.45, 7) is 3.06. The molecule has 1 N–H and O–H groups in total. The van der Waals surface area contributed by atoms with Crippen LogP contribution in [0.15, 0.2) is 4.52 Å². The summed E-state index contributed by atoms with van der Waals surface area (Å²) < 4.78 is 58.3. The van der Waals surface area contributed by atoms with Crippen LogP contribution in [0.3, 0.4) is 0 Å². The van der Waals surface area contributed by atoms with Gasteiger partial charge in [0, 0.05) is 12.5 Å². The Morgan fingerprint density at radius 3 is 2.67 bits per heavy atom. The second-order valence-corrected chi connectivity index (χ2v) is 4.87. The first-order chi connectivity index (χ1) is 9.81. The average molecular weight is 313 g/mol. The summed E-state index contributed by atoms with van der Waals surface area (Å²) >= 11 is 0. The van der Waals surface area contributed by atoms with Gasteiger partial charge in [-0.05, 0) is 13.0 Å². The Balaban J connectivity index is 2.26. The molecule has 5 nitrogen and oxygen atoms in total. The minimum Gasteiger partial charge on any atom is -0.367 e. The molecule has 0 amide bonds. The van der Waals surface area contributed by atoms with E-state index in [9.17, 15) is 17.6 Å². The zero-order valence-corrected chi connectivity index (χ0v) is 11.9. The van der Waals surface area contributed by atoms with Gasteiger partial charge in [0.1, 0.15) is 13.2 Å². The average Bonchev–Trinajstić information content (AvgIpc) is 2.82. The summed E-state index contributed by atoms with van der Waals surface area (Å²) in [6, 6.07) is 0.383. The minimum absolute atomic E-state index is 0.0619. The lowest BCUT2D eigenvalue weighted by Crippen LogP contribution is -2.32. The molecule has 0 atom stereocenters. The Labute approximate surface area is 120 Å². The van der Waals surface area contributed by atoms with E-state index in [-0.39, 0.29) is 5.82 Å². The largest absolute Gasteiger partial charge is 0.367 e. The lowest BCUT2D eigenvalue weighted by molar-refractivity contribution is -0.168. The fourth-order valence-corrected chi connectivity index (χ4v) is 1.42. The molecule has 21 heavy (non-hydrogen) atoms. The number of nitrogens with one attached hydrogen (secondary N) is 1. The SMILES string of the molecule is CC(C)NCCCc1nc(COCC(F)(F)C(F)F)no1. The van der Waals surface area contributed by atoms with E-state index in [0.29, 0.717) is 18.4 Å². The van der Waals surface area contributed by atoms with Crippen molar-refractivity contribution in [2.24, 2.45) is 0 Å². The number of halogens is 4. The molecule has 0 aliphatic rings. The fourth-order valence-electron chi connectivity index (χ4n) is 1.42. The van der Waals surface area contributed by atoms with E-state index in [4.69, 9.17) is 4.52 Å². The molecule has 9 heteroatoms. The monoisotopic (exact) mass is 313 g/mol. The molecule has 0 unspecified atom stereocenters. The molecular weight excluding hydrogens is 294 g/mol. The maximum absolute atomic E-state index is 12.6. The predicted molar refractivity (Wildman–Crippen MR) is 66.4 cm³/mol. The molecule has 1 rings (SSSR count). The molecule has 0 radical (unpaired) electrons. The molecule has 1 aromatic heterocycles. The topological polar surface area (TPSA) is 60.2 Å². The summed E-state index contributed by atoms with van der Waals surface area (Å²) in [4.78, 5) is 3.93. The molecule has 1 aromatic rings. The van der Waals surface area contributed by atoms with E-state index in [2.05, 4.69) is 20.2 Å². The molecule has 0 saturated carbocycles. The zero-order chi connectivity index (χ0) is 15.9. The number of hydrogen-bond donors (Lipinski definition) is 1. The maximum Gasteiger partial charge on any atom is 0.330 e. The molecule has 1 heterocycles. The Bertz CT molecular complexity index is 413. The third-order valence-electron chi connectivity index (χ3n) is 2.48. The highest BCUT2D eigenvalue weighted by molar-refractivity contribution is 4.85. The molecule has 0 saturated heterocycles. The van der Waals surface area contributed by atoms with E-state index >= 15 is 0 Å². The van der Waals surface area contributed by atoms with Gasteiger partial charge in [-0.3, -0.25) is 0 Å². The first kappa shape index (κ1) is 17.8. The number of ether oxygens (including phenoxy) is 1. The highest BCUT2D eigenvalue weighted by atomic mass is 19.3. The molecule has 0 spiro atoms. The van der Waals surface area contributed by atoms with Crippen LogP contribution in [0, 0.1) is 0 Å². The zero-order valence-electron chi connectivity index (χ0n) is 11.9. The van der Waals surface area contributed by atoms with Crippen molar-refractivity contribution < 1.29 is 26.8 Å². The van der Waals surface area contributed by atoms with Crippen molar-refractivity contribution in [2.45, 2.75) is 51.7 Å². The van der Waals surface area contributed by atoms with Crippen LogP contribution in [0.25, 0.3) is 0 Å². The lowest BCUT2D eigenvalue weighted by Gasteiger charge is -2.14. The number of hydrogen-bond acceptors (Lipinski definition) is 5. The quantitative estimate of drug-likeness (QED) is 0.531. The molecule has 122 valence electrons. The van der Waals surface area contributed by atoms with E-state index < -0.39 is 25.6 Å². The third kappa shape index (κ3) is 6.85. The molecule has 0 aliphatic carbocycles. The molecule has 0 bridgehead atoms.